The average Bonchev–Trinajstić information content (AvgIpc) is 2.86. The molecule has 1 aromatic carbocycles. The molecule has 72 valence electrons. The molecule has 0 spiro atoms. The summed E-state index contributed by atoms with van der Waals surface area (Å²) in [5.41, 5.74) is 2.66. The van der Waals surface area contributed by atoms with E-state index in [-0.39, 0.29) is 0 Å². The van der Waals surface area contributed by atoms with Gasteiger partial charge in [-0.3, -0.25) is 0 Å². The van der Waals surface area contributed by atoms with Crippen molar-refractivity contribution in [3.8, 4) is 0 Å². The van der Waals surface area contributed by atoms with E-state index in [0.29, 0.717) is 6.04 Å². The van der Waals surface area contributed by atoms with Gasteiger partial charge in [-0.15, -0.1) is 0 Å². The first-order chi connectivity index (χ1) is 6.93. The SMILES string of the molecule is c1ccc2[nH]c([C@H]3CCC[NH2+]3)cc2c1. The van der Waals surface area contributed by atoms with Crippen molar-refractivity contribution in [2.24, 2.45) is 0 Å². The minimum absolute atomic E-state index is 0.669. The Morgan fingerprint density at radius 1 is 1.29 bits per heavy atom. The van der Waals surface area contributed by atoms with Crippen molar-refractivity contribution in [3.05, 3.63) is 36.0 Å². The number of hydrogen-bond acceptors (Lipinski definition) is 0. The Labute approximate surface area is 83.3 Å². The first-order valence-electron chi connectivity index (χ1n) is 5.34. The number of H-pyrrole nitrogens is 1. The number of aromatic amines is 1. The van der Waals surface area contributed by atoms with E-state index in [2.05, 4.69) is 40.6 Å². The number of nitrogens with two attached hydrogens (primary N) is 1. The molecule has 0 amide bonds. The van der Waals surface area contributed by atoms with Crippen molar-refractivity contribution in [2.45, 2.75) is 18.9 Å². The Balaban J connectivity index is 2.05. The zero-order valence-corrected chi connectivity index (χ0v) is 8.16. The van der Waals surface area contributed by atoms with Crippen molar-refractivity contribution in [3.63, 3.8) is 0 Å². The maximum atomic E-state index is 3.51. The van der Waals surface area contributed by atoms with Crippen LogP contribution in [0.4, 0.5) is 0 Å². The lowest BCUT2D eigenvalue weighted by Crippen LogP contribution is -2.81. The van der Waals surface area contributed by atoms with Crippen LogP contribution in [0, 0.1) is 0 Å². The molecule has 2 aromatic rings. The number of hydrogen-bond donors (Lipinski definition) is 2. The second kappa shape index (κ2) is 3.14. The maximum Gasteiger partial charge on any atom is 0.127 e. The standard InChI is InChI=1S/C12H14N2/c1-2-5-10-9(4-1)8-12(14-10)11-6-3-7-13-11/h1-2,4-5,8,11,13-14H,3,6-7H2/p+1/t11-/m1/s1. The molecule has 1 atom stereocenters. The van der Waals surface area contributed by atoms with Crippen LogP contribution in [0.5, 0.6) is 0 Å². The highest BCUT2D eigenvalue weighted by Crippen LogP contribution is 2.21. The zero-order chi connectivity index (χ0) is 9.38. The fraction of sp³-hybridized carbons (Fsp3) is 0.333. The molecule has 2 heteroatoms. The van der Waals surface area contributed by atoms with Crippen LogP contribution in [0.25, 0.3) is 10.9 Å². The molecule has 0 radical (unpaired) electrons. The van der Waals surface area contributed by atoms with E-state index < -0.39 is 0 Å². The van der Waals surface area contributed by atoms with Crippen molar-refractivity contribution < 1.29 is 5.32 Å². The Morgan fingerprint density at radius 2 is 2.21 bits per heavy atom. The van der Waals surface area contributed by atoms with E-state index in [0.717, 1.165) is 0 Å². The van der Waals surface area contributed by atoms with Crippen LogP contribution in [-0.2, 0) is 0 Å². The average molecular weight is 187 g/mol. The van der Waals surface area contributed by atoms with Crippen LogP contribution in [-0.4, -0.2) is 11.5 Å². The van der Waals surface area contributed by atoms with Gasteiger partial charge >= 0.3 is 0 Å². The largest absolute Gasteiger partial charge is 0.354 e. The fourth-order valence-corrected chi connectivity index (χ4v) is 2.35. The summed E-state index contributed by atoms with van der Waals surface area (Å²) < 4.78 is 0. The van der Waals surface area contributed by atoms with E-state index in [1.165, 1.54) is 36.0 Å². The number of quaternary nitrogens is 1. The first kappa shape index (κ1) is 8.06. The lowest BCUT2D eigenvalue weighted by Gasteiger charge is -2.02. The second-order valence-electron chi connectivity index (χ2n) is 4.09. The number of fused-ring (bicyclic) bond motifs is 1. The molecule has 2 heterocycles. The molecule has 1 aliphatic rings. The van der Waals surface area contributed by atoms with Crippen molar-refractivity contribution in [1.29, 1.82) is 0 Å². The zero-order valence-electron chi connectivity index (χ0n) is 8.16. The molecule has 0 aliphatic carbocycles. The van der Waals surface area contributed by atoms with Gasteiger partial charge in [-0.1, -0.05) is 18.2 Å². The van der Waals surface area contributed by atoms with E-state index in [4.69, 9.17) is 0 Å². The van der Waals surface area contributed by atoms with Gasteiger partial charge in [-0.25, -0.2) is 0 Å². The third kappa shape index (κ3) is 1.23. The molecule has 0 bridgehead atoms. The highest BCUT2D eigenvalue weighted by atomic mass is 15.0. The number of para-hydroxylation sites is 1. The fourth-order valence-electron chi connectivity index (χ4n) is 2.35. The van der Waals surface area contributed by atoms with Crippen LogP contribution in [0.2, 0.25) is 0 Å². The quantitative estimate of drug-likeness (QED) is 0.679. The number of nitrogens with one attached hydrogen (secondary N) is 1. The van der Waals surface area contributed by atoms with E-state index >= 15 is 0 Å². The van der Waals surface area contributed by atoms with E-state index in [9.17, 15) is 0 Å². The lowest BCUT2D eigenvalue weighted by atomic mass is 10.1. The molecule has 0 saturated carbocycles. The summed E-state index contributed by atoms with van der Waals surface area (Å²) in [6, 6.07) is 11.5. The van der Waals surface area contributed by atoms with Crippen LogP contribution < -0.4 is 5.32 Å². The van der Waals surface area contributed by atoms with Crippen LogP contribution in [0.3, 0.4) is 0 Å². The summed E-state index contributed by atoms with van der Waals surface area (Å²) in [6.07, 6.45) is 2.66. The van der Waals surface area contributed by atoms with Crippen molar-refractivity contribution >= 4 is 10.9 Å². The third-order valence-electron chi connectivity index (χ3n) is 3.12. The molecular weight excluding hydrogens is 172 g/mol. The first-order valence-corrected chi connectivity index (χ1v) is 5.34. The van der Waals surface area contributed by atoms with Gasteiger partial charge in [-0.05, 0) is 17.5 Å². The summed E-state index contributed by atoms with van der Waals surface area (Å²) in [5.74, 6) is 0. The van der Waals surface area contributed by atoms with Gasteiger partial charge in [0.15, 0.2) is 0 Å². The molecule has 2 nitrogen and oxygen atoms in total. The minimum atomic E-state index is 0.669. The maximum absolute atomic E-state index is 3.51. The van der Waals surface area contributed by atoms with Crippen molar-refractivity contribution in [1.82, 2.24) is 4.98 Å². The van der Waals surface area contributed by atoms with Crippen LogP contribution >= 0.6 is 0 Å². The summed E-state index contributed by atoms with van der Waals surface area (Å²) in [7, 11) is 0. The number of aromatic nitrogens is 1. The van der Waals surface area contributed by atoms with Gasteiger partial charge in [0.25, 0.3) is 0 Å². The van der Waals surface area contributed by atoms with Crippen LogP contribution in [0.15, 0.2) is 30.3 Å². The summed E-state index contributed by atoms with van der Waals surface area (Å²) in [5, 5.41) is 3.77. The number of benzene rings is 1. The van der Waals surface area contributed by atoms with Gasteiger partial charge in [0, 0.05) is 18.4 Å². The summed E-state index contributed by atoms with van der Waals surface area (Å²) >= 11 is 0. The molecular formula is C12H15N2+. The Kier molecular flexibility index (Phi) is 1.81. The molecule has 3 rings (SSSR count). The molecule has 1 fully saturated rings. The Hall–Kier alpha value is -1.28. The Bertz CT molecular complexity index is 405. The molecule has 1 aromatic heterocycles. The second-order valence-corrected chi connectivity index (χ2v) is 4.09. The third-order valence-corrected chi connectivity index (χ3v) is 3.12. The molecule has 1 saturated heterocycles. The normalized spacial score (nSPS) is 21.9. The predicted octanol–water partition coefficient (Wildman–Crippen LogP) is 1.57. The van der Waals surface area contributed by atoms with Crippen LogP contribution in [0.1, 0.15) is 24.6 Å². The van der Waals surface area contributed by atoms with Crippen molar-refractivity contribution in [2.75, 3.05) is 6.54 Å². The molecule has 0 unspecified atom stereocenters. The Morgan fingerprint density at radius 3 is 3.00 bits per heavy atom. The van der Waals surface area contributed by atoms with Gasteiger partial charge in [0.05, 0.1) is 12.2 Å². The van der Waals surface area contributed by atoms with Gasteiger partial charge in [0.1, 0.15) is 6.04 Å². The minimum Gasteiger partial charge on any atom is -0.354 e. The highest BCUT2D eigenvalue weighted by molar-refractivity contribution is 5.80. The summed E-state index contributed by atoms with van der Waals surface area (Å²) in [4.78, 5) is 3.51. The van der Waals surface area contributed by atoms with Gasteiger partial charge < -0.3 is 10.3 Å². The smallest absolute Gasteiger partial charge is 0.127 e. The van der Waals surface area contributed by atoms with E-state index in [1.807, 2.05) is 0 Å². The van der Waals surface area contributed by atoms with E-state index in [1.54, 1.807) is 0 Å². The highest BCUT2D eigenvalue weighted by Gasteiger charge is 2.21. The predicted molar refractivity (Wildman–Crippen MR) is 57.1 cm³/mol. The topological polar surface area (TPSA) is 32.4 Å². The number of rotatable bonds is 1. The molecule has 14 heavy (non-hydrogen) atoms. The molecule has 1 aliphatic heterocycles. The lowest BCUT2D eigenvalue weighted by molar-refractivity contribution is -0.676. The monoisotopic (exact) mass is 187 g/mol. The summed E-state index contributed by atoms with van der Waals surface area (Å²) in [6.45, 7) is 1.28. The van der Waals surface area contributed by atoms with Gasteiger partial charge in [0.2, 0.25) is 0 Å². The van der Waals surface area contributed by atoms with Gasteiger partial charge in [-0.2, -0.15) is 0 Å². The molecule has 3 N–H and O–H groups in total.